The zero-order valence-electron chi connectivity index (χ0n) is 55.9. The van der Waals surface area contributed by atoms with Crippen molar-refractivity contribution in [1.82, 2.24) is 14.7 Å². The van der Waals surface area contributed by atoms with Gasteiger partial charge in [0.2, 0.25) is 0 Å². The first kappa shape index (κ1) is 86.6. The molecule has 0 heterocycles. The first-order valence-electron chi connectivity index (χ1n) is 35.0. The van der Waals surface area contributed by atoms with Crippen molar-refractivity contribution >= 4 is 110 Å². The summed E-state index contributed by atoms with van der Waals surface area (Å²) in [5, 5.41) is 0. The van der Waals surface area contributed by atoms with Gasteiger partial charge in [0, 0.05) is 72.2 Å². The van der Waals surface area contributed by atoms with E-state index >= 15 is 0 Å². The molecule has 0 N–H and O–H groups in total. The normalized spacial score (nSPS) is 11.6. The van der Waals surface area contributed by atoms with Gasteiger partial charge in [-0.15, -0.1) is 0 Å². The summed E-state index contributed by atoms with van der Waals surface area (Å²) >= 11 is 0. The van der Waals surface area contributed by atoms with Crippen molar-refractivity contribution in [2.75, 3.05) is 132 Å². The maximum Gasteiger partial charge on any atom is 0.307 e. The number of hydrogen-bond acceptors (Lipinski definition) is 19. The first-order valence-corrected chi connectivity index (χ1v) is 44.9. The lowest BCUT2D eigenvalue weighted by molar-refractivity contribution is -0.145. The second kappa shape index (κ2) is 73.0. The molecule has 0 aromatic heterocycles. The highest BCUT2D eigenvalue weighted by Crippen LogP contribution is 2.26. The highest BCUT2D eigenvalue weighted by Gasteiger charge is 2.16. The van der Waals surface area contributed by atoms with Crippen LogP contribution in [-0.4, -0.2) is 170 Å². The number of hydrogen-bond donors (Lipinski definition) is 0. The van der Waals surface area contributed by atoms with Crippen LogP contribution in [-0.2, 0) is 38.1 Å². The van der Waals surface area contributed by atoms with E-state index in [1.807, 2.05) is 43.2 Å². The summed E-state index contributed by atoms with van der Waals surface area (Å²) in [6.07, 6.45) is 45.5. The number of ether oxygens (including phenoxy) is 4. The lowest BCUT2D eigenvalue weighted by Gasteiger charge is -2.25. The number of carbonyl (C=O) groups is 4. The molecule has 510 valence electrons. The van der Waals surface area contributed by atoms with Gasteiger partial charge in [0.1, 0.15) is 26.4 Å². The van der Waals surface area contributed by atoms with E-state index in [1.165, 1.54) is 205 Å². The third-order valence-electron chi connectivity index (χ3n) is 14.9. The van der Waals surface area contributed by atoms with Crippen molar-refractivity contribution in [2.24, 2.45) is 0 Å². The minimum Gasteiger partial charge on any atom is -0.465 e. The standard InChI is InChI=1S/C67H131N3O8S8/c1-6-10-14-18-22-24-26-28-32-36-58-81-85-62-54-77-66(73)42-50-70(51-43-67(74)78-55-63-86-82-59-37-33-29-27-25-23-19-15-11-7-2)47-39-45-68(5)44-38-46-69(48-40-64(71)75-52-60-83-79-56-34-30-20-16-12-8-3)49-41-65(72)76-53-61-84-80-57-35-31-21-17-13-9-4/h6-63H2,1-5H3. The summed E-state index contributed by atoms with van der Waals surface area (Å²) in [4.78, 5) is 58.4. The second-order valence-corrected chi connectivity index (χ2v) is 33.9. The highest BCUT2D eigenvalue weighted by molar-refractivity contribution is 8.77. The summed E-state index contributed by atoms with van der Waals surface area (Å²) in [6, 6.07) is 0. The van der Waals surface area contributed by atoms with Crippen molar-refractivity contribution in [3.05, 3.63) is 0 Å². The molecule has 0 amide bonds. The Hall–Kier alpha value is 0.560. The van der Waals surface area contributed by atoms with E-state index in [9.17, 15) is 19.2 Å². The highest BCUT2D eigenvalue weighted by atomic mass is 33.1. The van der Waals surface area contributed by atoms with Gasteiger partial charge < -0.3 is 33.6 Å². The molecule has 0 aliphatic rings. The Morgan fingerprint density at radius 1 is 0.244 bits per heavy atom. The SMILES string of the molecule is CCCCCCCCCCCCSSCCOC(=O)CCN(CCCN(C)CCCN(CCC(=O)OCCSSCCCCCCCC)CCC(=O)OCCSSCCCCCCCC)CCC(=O)OCCSSCCCCCCCCCCCC. The van der Waals surface area contributed by atoms with Crippen molar-refractivity contribution in [2.45, 2.75) is 272 Å². The van der Waals surface area contributed by atoms with Crippen LogP contribution in [0.5, 0.6) is 0 Å². The summed E-state index contributed by atoms with van der Waals surface area (Å²) < 4.78 is 22.6. The molecule has 86 heavy (non-hydrogen) atoms. The first-order chi connectivity index (χ1) is 42.2. The van der Waals surface area contributed by atoms with Crippen LogP contribution in [0.1, 0.15) is 272 Å². The van der Waals surface area contributed by atoms with Gasteiger partial charge in [-0.1, -0.05) is 294 Å². The number of unbranched alkanes of at least 4 members (excludes halogenated alkanes) is 28. The van der Waals surface area contributed by atoms with E-state index < -0.39 is 0 Å². The second-order valence-electron chi connectivity index (χ2n) is 23.1. The summed E-state index contributed by atoms with van der Waals surface area (Å²) in [7, 11) is 16.8. The Labute approximate surface area is 562 Å². The maximum absolute atomic E-state index is 12.9. The van der Waals surface area contributed by atoms with E-state index in [1.54, 1.807) is 43.2 Å². The van der Waals surface area contributed by atoms with Gasteiger partial charge in [-0.05, 0) is 71.8 Å². The van der Waals surface area contributed by atoms with Gasteiger partial charge in [0.05, 0.1) is 25.7 Å². The molecule has 0 radical (unpaired) electrons. The maximum atomic E-state index is 12.9. The van der Waals surface area contributed by atoms with Crippen molar-refractivity contribution < 1.29 is 38.1 Å². The fourth-order valence-electron chi connectivity index (χ4n) is 9.61. The van der Waals surface area contributed by atoms with Crippen LogP contribution in [0.2, 0.25) is 0 Å². The zero-order chi connectivity index (χ0) is 62.5. The fourth-order valence-corrected chi connectivity index (χ4v) is 17.5. The molecular formula is C67H131N3O8S8. The number of esters is 4. The van der Waals surface area contributed by atoms with E-state index in [4.69, 9.17) is 18.9 Å². The third kappa shape index (κ3) is 68.9. The monoisotopic (exact) mass is 1360 g/mol. The lowest BCUT2D eigenvalue weighted by atomic mass is 10.1. The molecule has 0 atom stereocenters. The Kier molecular flexibility index (Phi) is 73.5. The van der Waals surface area contributed by atoms with Crippen molar-refractivity contribution in [1.29, 1.82) is 0 Å². The van der Waals surface area contributed by atoms with Gasteiger partial charge in [-0.3, -0.25) is 19.2 Å². The molecule has 19 heteroatoms. The Morgan fingerprint density at radius 2 is 0.442 bits per heavy atom. The minimum absolute atomic E-state index is 0.187. The predicted molar refractivity (Wildman–Crippen MR) is 392 cm³/mol. The fraction of sp³-hybridized carbons (Fsp3) is 0.940. The molecule has 0 aromatic rings. The zero-order valence-corrected chi connectivity index (χ0v) is 62.4. The van der Waals surface area contributed by atoms with Gasteiger partial charge in [0.25, 0.3) is 0 Å². The average molecular weight is 1360 g/mol. The van der Waals surface area contributed by atoms with E-state index in [-0.39, 0.29) is 23.9 Å². The van der Waals surface area contributed by atoms with Crippen LogP contribution in [0.15, 0.2) is 0 Å². The molecule has 0 rings (SSSR count). The largest absolute Gasteiger partial charge is 0.465 e. The molecule has 0 bridgehead atoms. The van der Waals surface area contributed by atoms with Gasteiger partial charge in [-0.25, -0.2) is 0 Å². The molecule has 0 saturated heterocycles. The Morgan fingerprint density at radius 3 is 0.663 bits per heavy atom. The summed E-state index contributed by atoms with van der Waals surface area (Å²) in [5.74, 6) is 6.97. The van der Waals surface area contributed by atoms with Crippen LogP contribution < -0.4 is 0 Å². The van der Waals surface area contributed by atoms with Crippen LogP contribution in [0.4, 0.5) is 0 Å². The van der Waals surface area contributed by atoms with Crippen molar-refractivity contribution in [3.8, 4) is 0 Å². The molecule has 0 saturated carbocycles. The topological polar surface area (TPSA) is 115 Å². The molecule has 0 aromatic carbocycles. The van der Waals surface area contributed by atoms with Crippen LogP contribution >= 0.6 is 86.4 Å². The molecule has 0 spiro atoms. The van der Waals surface area contributed by atoms with E-state index in [0.29, 0.717) is 78.3 Å². The van der Waals surface area contributed by atoms with Gasteiger partial charge >= 0.3 is 23.9 Å². The number of rotatable bonds is 72. The van der Waals surface area contributed by atoms with E-state index in [0.717, 1.165) is 85.0 Å². The minimum atomic E-state index is -0.191. The third-order valence-corrected chi connectivity index (χ3v) is 24.8. The molecule has 0 aliphatic carbocycles. The predicted octanol–water partition coefficient (Wildman–Crippen LogP) is 20.1. The van der Waals surface area contributed by atoms with Crippen LogP contribution in [0.25, 0.3) is 0 Å². The smallest absolute Gasteiger partial charge is 0.307 e. The molecule has 0 unspecified atom stereocenters. The Bertz CT molecular complexity index is 1360. The van der Waals surface area contributed by atoms with Crippen LogP contribution in [0, 0.1) is 0 Å². The lowest BCUT2D eigenvalue weighted by Crippen LogP contribution is -2.34. The van der Waals surface area contributed by atoms with E-state index in [2.05, 4.69) is 49.4 Å². The summed E-state index contributed by atoms with van der Waals surface area (Å²) in [6.45, 7) is 16.1. The molecule has 11 nitrogen and oxygen atoms in total. The Balaban J connectivity index is 5.05. The quantitative estimate of drug-likeness (QED) is 0.0249. The molecular weight excluding hydrogens is 1230 g/mol. The van der Waals surface area contributed by atoms with Gasteiger partial charge in [-0.2, -0.15) is 0 Å². The number of nitrogens with zero attached hydrogens (tertiary/aromatic N) is 3. The van der Waals surface area contributed by atoms with Crippen LogP contribution in [0.3, 0.4) is 0 Å². The summed E-state index contributed by atoms with van der Waals surface area (Å²) in [5.41, 5.74) is 0. The van der Waals surface area contributed by atoms with Gasteiger partial charge in [0.15, 0.2) is 0 Å². The molecule has 0 aliphatic heterocycles. The average Bonchev–Trinajstić information content (AvgIpc) is 3.57. The number of carbonyl (C=O) groups excluding carboxylic acids is 4. The van der Waals surface area contributed by atoms with Crippen molar-refractivity contribution in [3.63, 3.8) is 0 Å². The molecule has 0 fully saturated rings.